The van der Waals surface area contributed by atoms with E-state index in [1.165, 1.54) is 24.1 Å². The molecule has 0 aliphatic heterocycles. The fraction of sp³-hybridized carbons (Fsp3) is 0.130. The van der Waals surface area contributed by atoms with E-state index in [1.807, 2.05) is 30.3 Å². The quantitative estimate of drug-likeness (QED) is 0.291. The minimum absolute atomic E-state index is 0.0777. The summed E-state index contributed by atoms with van der Waals surface area (Å²) in [6, 6.07) is 18.8. The highest BCUT2D eigenvalue weighted by atomic mass is 32.2. The summed E-state index contributed by atoms with van der Waals surface area (Å²) in [6.07, 6.45) is 1.42. The first kappa shape index (κ1) is 22.3. The van der Waals surface area contributed by atoms with Gasteiger partial charge < -0.3 is 15.1 Å². The average molecular weight is 466 g/mol. The van der Waals surface area contributed by atoms with E-state index >= 15 is 0 Å². The van der Waals surface area contributed by atoms with E-state index in [9.17, 15) is 14.0 Å². The first-order valence-corrected chi connectivity index (χ1v) is 11.1. The normalized spacial score (nSPS) is 10.7. The molecule has 8 nitrogen and oxygen atoms in total. The van der Waals surface area contributed by atoms with Crippen LogP contribution in [-0.2, 0) is 4.79 Å². The SMILES string of the molecule is O=C(CSc1nnc(-c2ccccc2F)n1-c1ccccc1)NCCNC(=O)c1ccco1. The van der Waals surface area contributed by atoms with Crippen molar-refractivity contribution < 1.29 is 18.4 Å². The van der Waals surface area contributed by atoms with Crippen LogP contribution in [-0.4, -0.2) is 45.4 Å². The predicted molar refractivity (Wildman–Crippen MR) is 122 cm³/mol. The van der Waals surface area contributed by atoms with Crippen LogP contribution in [0.2, 0.25) is 0 Å². The van der Waals surface area contributed by atoms with Crippen molar-refractivity contribution in [1.82, 2.24) is 25.4 Å². The van der Waals surface area contributed by atoms with E-state index in [1.54, 1.807) is 34.9 Å². The highest BCUT2D eigenvalue weighted by molar-refractivity contribution is 7.99. The number of nitrogens with zero attached hydrogens (tertiary/aromatic N) is 3. The second-order valence-corrected chi connectivity index (χ2v) is 7.77. The van der Waals surface area contributed by atoms with Crippen LogP contribution in [0.1, 0.15) is 10.6 Å². The maximum absolute atomic E-state index is 14.4. The Morgan fingerprint density at radius 2 is 1.70 bits per heavy atom. The van der Waals surface area contributed by atoms with Crippen LogP contribution in [0, 0.1) is 5.82 Å². The van der Waals surface area contributed by atoms with Gasteiger partial charge in [-0.05, 0) is 36.4 Å². The van der Waals surface area contributed by atoms with Crippen LogP contribution in [0.15, 0.2) is 82.6 Å². The van der Waals surface area contributed by atoms with E-state index in [0.29, 0.717) is 16.5 Å². The molecule has 0 bridgehead atoms. The van der Waals surface area contributed by atoms with Crippen LogP contribution in [0.25, 0.3) is 17.1 Å². The number of furan rings is 1. The van der Waals surface area contributed by atoms with Crippen molar-refractivity contribution in [2.45, 2.75) is 5.16 Å². The standard InChI is InChI=1S/C23H20FN5O3S/c24-18-10-5-4-9-17(18)21-27-28-23(29(21)16-7-2-1-3-8-16)33-15-20(30)25-12-13-26-22(31)19-11-6-14-32-19/h1-11,14H,12-13,15H2,(H,25,30)(H,26,31). The number of carbonyl (C=O) groups excluding carboxylic acids is 2. The van der Waals surface area contributed by atoms with Crippen LogP contribution in [0.4, 0.5) is 4.39 Å². The summed E-state index contributed by atoms with van der Waals surface area (Å²) in [5.41, 5.74) is 1.07. The number of para-hydroxylation sites is 1. The van der Waals surface area contributed by atoms with Gasteiger partial charge in [0.1, 0.15) is 5.82 Å². The van der Waals surface area contributed by atoms with E-state index in [2.05, 4.69) is 20.8 Å². The molecule has 0 aliphatic rings. The fourth-order valence-corrected chi connectivity index (χ4v) is 3.83. The molecule has 168 valence electrons. The van der Waals surface area contributed by atoms with Crippen molar-refractivity contribution in [3.8, 4) is 17.1 Å². The molecule has 0 spiro atoms. The molecule has 2 N–H and O–H groups in total. The molecule has 0 radical (unpaired) electrons. The minimum atomic E-state index is -0.409. The average Bonchev–Trinajstić information content (AvgIpc) is 3.52. The first-order chi connectivity index (χ1) is 16.1. The third-order valence-corrected chi connectivity index (χ3v) is 5.50. The largest absolute Gasteiger partial charge is 0.459 e. The molecule has 4 rings (SSSR count). The van der Waals surface area contributed by atoms with E-state index < -0.39 is 5.82 Å². The number of aromatic nitrogens is 3. The highest BCUT2D eigenvalue weighted by Gasteiger charge is 2.19. The summed E-state index contributed by atoms with van der Waals surface area (Å²) in [6.45, 7) is 0.519. The van der Waals surface area contributed by atoms with Crippen LogP contribution in [0.5, 0.6) is 0 Å². The predicted octanol–water partition coefficient (Wildman–Crippen LogP) is 3.30. The van der Waals surface area contributed by atoms with Gasteiger partial charge in [-0.2, -0.15) is 0 Å². The molecule has 2 aromatic carbocycles. The Morgan fingerprint density at radius 3 is 2.45 bits per heavy atom. The van der Waals surface area contributed by atoms with E-state index in [4.69, 9.17) is 4.42 Å². The molecule has 2 amide bonds. The molecule has 0 saturated carbocycles. The highest BCUT2D eigenvalue weighted by Crippen LogP contribution is 2.29. The monoisotopic (exact) mass is 465 g/mol. The van der Waals surface area contributed by atoms with Gasteiger partial charge in [-0.15, -0.1) is 10.2 Å². The summed E-state index contributed by atoms with van der Waals surface area (Å²) in [5, 5.41) is 14.2. The number of rotatable bonds is 9. The van der Waals surface area contributed by atoms with Crippen molar-refractivity contribution in [1.29, 1.82) is 0 Å². The van der Waals surface area contributed by atoms with Crippen LogP contribution >= 0.6 is 11.8 Å². The summed E-state index contributed by atoms with van der Waals surface area (Å²) >= 11 is 1.19. The molecule has 10 heteroatoms. The third-order valence-electron chi connectivity index (χ3n) is 4.57. The van der Waals surface area contributed by atoms with Gasteiger partial charge in [-0.1, -0.05) is 42.1 Å². The number of benzene rings is 2. The zero-order valence-corrected chi connectivity index (χ0v) is 18.2. The lowest BCUT2D eigenvalue weighted by Crippen LogP contribution is -2.35. The zero-order chi connectivity index (χ0) is 23.0. The maximum atomic E-state index is 14.4. The van der Waals surface area contributed by atoms with Gasteiger partial charge in [-0.25, -0.2) is 4.39 Å². The smallest absolute Gasteiger partial charge is 0.287 e. The van der Waals surface area contributed by atoms with Gasteiger partial charge >= 0.3 is 0 Å². The second kappa shape index (κ2) is 10.6. The summed E-state index contributed by atoms with van der Waals surface area (Å²) < 4.78 is 21.2. The fourth-order valence-electron chi connectivity index (χ4n) is 3.04. The number of thioether (sulfide) groups is 1. The van der Waals surface area contributed by atoms with E-state index in [-0.39, 0.29) is 36.4 Å². The number of hydrogen-bond acceptors (Lipinski definition) is 6. The van der Waals surface area contributed by atoms with Crippen molar-refractivity contribution in [2.24, 2.45) is 0 Å². The molecule has 2 aromatic heterocycles. The number of carbonyl (C=O) groups is 2. The molecule has 0 saturated heterocycles. The molecular weight excluding hydrogens is 445 g/mol. The lowest BCUT2D eigenvalue weighted by atomic mass is 10.2. The molecule has 0 unspecified atom stereocenters. The summed E-state index contributed by atoms with van der Waals surface area (Å²) in [7, 11) is 0. The van der Waals surface area contributed by atoms with Gasteiger partial charge in [0.2, 0.25) is 5.91 Å². The number of amides is 2. The Labute approximate surface area is 193 Å². The Kier molecular flexibility index (Phi) is 7.16. The minimum Gasteiger partial charge on any atom is -0.459 e. The lowest BCUT2D eigenvalue weighted by molar-refractivity contribution is -0.118. The van der Waals surface area contributed by atoms with Gasteiger partial charge in [0.25, 0.3) is 5.91 Å². The van der Waals surface area contributed by atoms with Gasteiger partial charge in [0.15, 0.2) is 16.7 Å². The number of hydrogen-bond donors (Lipinski definition) is 2. The van der Waals surface area contributed by atoms with Gasteiger partial charge in [-0.3, -0.25) is 14.2 Å². The Hall–Kier alpha value is -3.92. The van der Waals surface area contributed by atoms with Crippen LogP contribution in [0.3, 0.4) is 0 Å². The Balaban J connectivity index is 1.39. The Morgan fingerprint density at radius 1 is 0.939 bits per heavy atom. The maximum Gasteiger partial charge on any atom is 0.287 e. The Bertz CT molecular complexity index is 1230. The molecule has 0 aliphatic carbocycles. The van der Waals surface area contributed by atoms with Crippen molar-refractivity contribution in [3.63, 3.8) is 0 Å². The first-order valence-electron chi connectivity index (χ1n) is 10.1. The van der Waals surface area contributed by atoms with Crippen LogP contribution < -0.4 is 10.6 Å². The van der Waals surface area contributed by atoms with Gasteiger partial charge in [0, 0.05) is 18.8 Å². The summed E-state index contributed by atoms with van der Waals surface area (Å²) in [4.78, 5) is 24.1. The number of nitrogens with one attached hydrogen (secondary N) is 2. The van der Waals surface area contributed by atoms with Crippen molar-refractivity contribution >= 4 is 23.6 Å². The molecule has 33 heavy (non-hydrogen) atoms. The second-order valence-electron chi connectivity index (χ2n) is 6.83. The molecule has 0 atom stereocenters. The van der Waals surface area contributed by atoms with Gasteiger partial charge in [0.05, 0.1) is 17.6 Å². The topological polar surface area (TPSA) is 102 Å². The number of halogens is 1. The molecular formula is C23H20FN5O3S. The molecule has 0 fully saturated rings. The molecule has 2 heterocycles. The van der Waals surface area contributed by atoms with E-state index in [0.717, 1.165) is 5.69 Å². The van der Waals surface area contributed by atoms with Crippen molar-refractivity contribution in [2.75, 3.05) is 18.8 Å². The summed E-state index contributed by atoms with van der Waals surface area (Å²) in [5.74, 6) is -0.352. The third kappa shape index (κ3) is 5.47. The van der Waals surface area contributed by atoms with Crippen molar-refractivity contribution in [3.05, 3.63) is 84.6 Å². The molecule has 4 aromatic rings. The lowest BCUT2D eigenvalue weighted by Gasteiger charge is -2.11. The zero-order valence-electron chi connectivity index (χ0n) is 17.4.